The number of piperidine rings is 1. The maximum Gasteiger partial charge on any atom is 0.122 e. The van der Waals surface area contributed by atoms with E-state index in [0.717, 1.165) is 37.5 Å². The molecule has 0 unspecified atom stereocenters. The Balaban J connectivity index is 1.46. The molecule has 3 heterocycles. The molecule has 0 spiro atoms. The molecule has 144 valence electrons. The Morgan fingerprint density at radius 1 is 1.07 bits per heavy atom. The molecule has 1 aliphatic heterocycles. The second-order valence-electron chi connectivity index (χ2n) is 7.48. The molecular formula is C24H27N3O. The molecule has 1 atom stereocenters. The lowest BCUT2D eigenvalue weighted by atomic mass is 9.93. The van der Waals surface area contributed by atoms with E-state index in [1.165, 1.54) is 29.7 Å². The summed E-state index contributed by atoms with van der Waals surface area (Å²) >= 11 is 0. The highest BCUT2D eigenvalue weighted by atomic mass is 16.5. The van der Waals surface area contributed by atoms with Gasteiger partial charge in [0.15, 0.2) is 0 Å². The van der Waals surface area contributed by atoms with E-state index in [2.05, 4.69) is 46.3 Å². The van der Waals surface area contributed by atoms with E-state index in [-0.39, 0.29) is 0 Å². The average Bonchev–Trinajstić information content (AvgIpc) is 2.75. The van der Waals surface area contributed by atoms with Crippen molar-refractivity contribution in [2.75, 3.05) is 20.2 Å². The lowest BCUT2D eigenvalue weighted by molar-refractivity contribution is 0.198. The second kappa shape index (κ2) is 8.98. The van der Waals surface area contributed by atoms with Crippen LogP contribution in [0, 0.1) is 0 Å². The first kappa shape index (κ1) is 18.6. The minimum atomic E-state index is 0.489. The van der Waals surface area contributed by atoms with Crippen molar-refractivity contribution < 1.29 is 4.74 Å². The van der Waals surface area contributed by atoms with Gasteiger partial charge in [-0.15, -0.1) is 0 Å². The van der Waals surface area contributed by atoms with Crippen LogP contribution in [0.25, 0.3) is 0 Å². The van der Waals surface area contributed by atoms with E-state index >= 15 is 0 Å². The highest BCUT2D eigenvalue weighted by molar-refractivity contribution is 5.36. The Kier molecular flexibility index (Phi) is 5.98. The number of aromatic nitrogens is 2. The first-order valence-corrected chi connectivity index (χ1v) is 10.0. The first-order chi connectivity index (χ1) is 13.8. The monoisotopic (exact) mass is 373 g/mol. The molecule has 4 nitrogen and oxygen atoms in total. The minimum Gasteiger partial charge on any atom is -0.496 e. The van der Waals surface area contributed by atoms with Crippen LogP contribution in [0.15, 0.2) is 67.0 Å². The van der Waals surface area contributed by atoms with Crippen molar-refractivity contribution >= 4 is 0 Å². The van der Waals surface area contributed by atoms with E-state index in [1.54, 1.807) is 7.11 Å². The molecule has 0 saturated carbocycles. The smallest absolute Gasteiger partial charge is 0.122 e. The van der Waals surface area contributed by atoms with Crippen LogP contribution in [0.2, 0.25) is 0 Å². The zero-order valence-electron chi connectivity index (χ0n) is 16.4. The molecule has 1 aliphatic rings. The largest absolute Gasteiger partial charge is 0.496 e. The predicted molar refractivity (Wildman–Crippen MR) is 112 cm³/mol. The fourth-order valence-corrected chi connectivity index (χ4v) is 4.06. The molecule has 0 N–H and O–H groups in total. The fraction of sp³-hybridized carbons (Fsp3) is 0.333. The molecular weight excluding hydrogens is 346 g/mol. The molecule has 0 radical (unpaired) electrons. The van der Waals surface area contributed by atoms with Gasteiger partial charge in [0.2, 0.25) is 0 Å². The summed E-state index contributed by atoms with van der Waals surface area (Å²) in [4.78, 5) is 11.8. The van der Waals surface area contributed by atoms with Crippen molar-refractivity contribution in [2.45, 2.75) is 31.7 Å². The summed E-state index contributed by atoms with van der Waals surface area (Å²) in [6.45, 7) is 3.16. The van der Waals surface area contributed by atoms with E-state index < -0.39 is 0 Å². The summed E-state index contributed by atoms with van der Waals surface area (Å²) in [7, 11) is 1.72. The van der Waals surface area contributed by atoms with Gasteiger partial charge < -0.3 is 4.74 Å². The van der Waals surface area contributed by atoms with Gasteiger partial charge in [0.25, 0.3) is 0 Å². The number of methoxy groups -OCH3 is 1. The van der Waals surface area contributed by atoms with Crippen LogP contribution in [0.4, 0.5) is 0 Å². The number of para-hydroxylation sites is 1. The van der Waals surface area contributed by atoms with Crippen molar-refractivity contribution in [3.63, 3.8) is 0 Å². The quantitative estimate of drug-likeness (QED) is 0.640. The van der Waals surface area contributed by atoms with E-state index in [0.29, 0.717) is 5.92 Å². The van der Waals surface area contributed by atoms with Crippen LogP contribution in [0.3, 0.4) is 0 Å². The minimum absolute atomic E-state index is 0.489. The van der Waals surface area contributed by atoms with Crippen LogP contribution >= 0.6 is 0 Å². The molecule has 28 heavy (non-hydrogen) atoms. The third kappa shape index (κ3) is 4.57. The van der Waals surface area contributed by atoms with Gasteiger partial charge in [0, 0.05) is 54.8 Å². The maximum atomic E-state index is 5.50. The average molecular weight is 374 g/mol. The summed E-state index contributed by atoms with van der Waals surface area (Å²) in [6.07, 6.45) is 7.01. The predicted octanol–water partition coefficient (Wildman–Crippen LogP) is 4.46. The van der Waals surface area contributed by atoms with Crippen molar-refractivity contribution in [1.82, 2.24) is 14.9 Å². The fourth-order valence-electron chi connectivity index (χ4n) is 4.06. The van der Waals surface area contributed by atoms with Gasteiger partial charge in [-0.1, -0.05) is 30.3 Å². The number of rotatable bonds is 6. The summed E-state index contributed by atoms with van der Waals surface area (Å²) in [5, 5.41) is 0. The third-order valence-corrected chi connectivity index (χ3v) is 5.45. The molecule has 2 aromatic heterocycles. The zero-order chi connectivity index (χ0) is 19.2. The Hall–Kier alpha value is -2.72. The van der Waals surface area contributed by atoms with Crippen LogP contribution in [0.1, 0.15) is 41.3 Å². The number of ether oxygens (including phenoxy) is 1. The molecule has 1 saturated heterocycles. The molecule has 0 amide bonds. The lowest BCUT2D eigenvalue weighted by Gasteiger charge is -2.32. The SMILES string of the molecule is COc1ccccc1Cc1cccc([C@@H]2CCCN(Cc3cccnc3)C2)n1. The van der Waals surface area contributed by atoms with Gasteiger partial charge in [-0.05, 0) is 49.2 Å². The summed E-state index contributed by atoms with van der Waals surface area (Å²) in [5.74, 6) is 1.41. The van der Waals surface area contributed by atoms with E-state index in [4.69, 9.17) is 9.72 Å². The molecule has 4 heteroatoms. The first-order valence-electron chi connectivity index (χ1n) is 10.0. The number of pyridine rings is 2. The normalized spacial score (nSPS) is 17.4. The Morgan fingerprint density at radius 3 is 2.86 bits per heavy atom. The lowest BCUT2D eigenvalue weighted by Crippen LogP contribution is -2.34. The van der Waals surface area contributed by atoms with Crippen LogP contribution in [-0.2, 0) is 13.0 Å². The van der Waals surface area contributed by atoms with Crippen molar-refractivity contribution in [2.24, 2.45) is 0 Å². The number of benzene rings is 1. The van der Waals surface area contributed by atoms with Gasteiger partial charge in [0.05, 0.1) is 7.11 Å². The van der Waals surface area contributed by atoms with Gasteiger partial charge in [-0.2, -0.15) is 0 Å². The van der Waals surface area contributed by atoms with Gasteiger partial charge >= 0.3 is 0 Å². The Bertz CT molecular complexity index is 897. The van der Waals surface area contributed by atoms with Gasteiger partial charge in [-0.3, -0.25) is 14.9 Å². The Morgan fingerprint density at radius 2 is 2.00 bits per heavy atom. The van der Waals surface area contributed by atoms with Crippen LogP contribution in [-0.4, -0.2) is 35.1 Å². The number of hydrogen-bond acceptors (Lipinski definition) is 4. The molecule has 4 rings (SSSR count). The number of nitrogens with zero attached hydrogens (tertiary/aromatic N) is 3. The third-order valence-electron chi connectivity index (χ3n) is 5.45. The standard InChI is InChI=1S/C24H27N3O/c1-28-24-12-3-2-8-20(24)15-22-10-4-11-23(26-22)21-9-6-14-27(18-21)17-19-7-5-13-25-16-19/h2-5,7-8,10-13,16,21H,6,9,14-15,17-18H2,1H3/t21-/m1/s1. The van der Waals surface area contributed by atoms with Crippen LogP contribution < -0.4 is 4.74 Å². The Labute approximate surface area is 167 Å². The highest BCUT2D eigenvalue weighted by Gasteiger charge is 2.22. The molecule has 3 aromatic rings. The van der Waals surface area contributed by atoms with E-state index in [1.807, 2.05) is 30.6 Å². The summed E-state index contributed by atoms with van der Waals surface area (Å²) in [6, 6.07) is 18.8. The maximum absolute atomic E-state index is 5.50. The highest BCUT2D eigenvalue weighted by Crippen LogP contribution is 2.27. The number of likely N-dealkylation sites (tertiary alicyclic amines) is 1. The van der Waals surface area contributed by atoms with Gasteiger partial charge in [0.1, 0.15) is 5.75 Å². The molecule has 0 bridgehead atoms. The summed E-state index contributed by atoms with van der Waals surface area (Å²) in [5.41, 5.74) is 4.77. The second-order valence-corrected chi connectivity index (χ2v) is 7.48. The van der Waals surface area contributed by atoms with Crippen molar-refractivity contribution in [1.29, 1.82) is 0 Å². The molecule has 1 fully saturated rings. The van der Waals surface area contributed by atoms with Crippen molar-refractivity contribution in [3.8, 4) is 5.75 Å². The van der Waals surface area contributed by atoms with Gasteiger partial charge in [-0.25, -0.2) is 0 Å². The van der Waals surface area contributed by atoms with E-state index in [9.17, 15) is 0 Å². The topological polar surface area (TPSA) is 38.2 Å². The van der Waals surface area contributed by atoms with Crippen LogP contribution in [0.5, 0.6) is 5.75 Å². The molecule has 1 aromatic carbocycles. The summed E-state index contributed by atoms with van der Waals surface area (Å²) < 4.78 is 5.50. The van der Waals surface area contributed by atoms with Crippen molar-refractivity contribution in [3.05, 3.63) is 89.5 Å². The molecule has 0 aliphatic carbocycles. The number of hydrogen-bond donors (Lipinski definition) is 0. The zero-order valence-corrected chi connectivity index (χ0v) is 16.4.